The molecule has 2 amide bonds. The molecule has 5 nitrogen and oxygen atoms in total. The number of ether oxygens (including phenoxy) is 1. The van der Waals surface area contributed by atoms with Gasteiger partial charge in [-0.05, 0) is 55.5 Å². The zero-order chi connectivity index (χ0) is 22.4. The molecule has 7 heteroatoms. The molecule has 2 saturated heterocycles. The SMILES string of the molecule is O=C(NCC1(c2ccc(F)cc2)CCOCC1)c1ccccc1SCC(=O)N1CCCC1. The summed E-state index contributed by atoms with van der Waals surface area (Å²) >= 11 is 1.42. The minimum absolute atomic E-state index is 0.125. The maximum atomic E-state index is 13.5. The molecule has 1 N–H and O–H groups in total. The molecule has 4 rings (SSSR count). The maximum Gasteiger partial charge on any atom is 0.252 e. The van der Waals surface area contributed by atoms with Crippen LogP contribution in [0.1, 0.15) is 41.6 Å². The molecule has 0 unspecified atom stereocenters. The molecule has 0 atom stereocenters. The standard InChI is InChI=1S/C25H29FN2O3S/c26-20-9-7-19(8-10-20)25(11-15-31-16-12-25)18-27-24(30)21-5-1-2-6-22(21)32-17-23(29)28-13-3-4-14-28/h1-2,5-10H,3-4,11-18H2,(H,27,30). The summed E-state index contributed by atoms with van der Waals surface area (Å²) in [5.74, 6) is 0.0329. The van der Waals surface area contributed by atoms with Crippen LogP contribution in [0, 0.1) is 5.82 Å². The van der Waals surface area contributed by atoms with Gasteiger partial charge in [0.15, 0.2) is 0 Å². The van der Waals surface area contributed by atoms with Crippen LogP contribution in [0.5, 0.6) is 0 Å². The normalized spacial score (nSPS) is 17.8. The maximum absolute atomic E-state index is 13.5. The van der Waals surface area contributed by atoms with Gasteiger partial charge in [0.1, 0.15) is 5.82 Å². The number of thioether (sulfide) groups is 1. The van der Waals surface area contributed by atoms with Crippen LogP contribution >= 0.6 is 11.8 Å². The van der Waals surface area contributed by atoms with Crippen molar-refractivity contribution in [3.8, 4) is 0 Å². The summed E-state index contributed by atoms with van der Waals surface area (Å²) < 4.78 is 19.0. The monoisotopic (exact) mass is 456 g/mol. The van der Waals surface area contributed by atoms with E-state index >= 15 is 0 Å². The second-order valence-electron chi connectivity index (χ2n) is 8.46. The van der Waals surface area contributed by atoms with Crippen molar-refractivity contribution in [2.24, 2.45) is 0 Å². The first-order chi connectivity index (χ1) is 15.6. The number of nitrogens with one attached hydrogen (secondary N) is 1. The number of amides is 2. The van der Waals surface area contributed by atoms with Crippen molar-refractivity contribution < 1.29 is 18.7 Å². The molecule has 0 aromatic heterocycles. The van der Waals surface area contributed by atoms with E-state index in [1.165, 1.54) is 23.9 Å². The summed E-state index contributed by atoms with van der Waals surface area (Å²) in [6.45, 7) is 3.33. The molecule has 2 fully saturated rings. The van der Waals surface area contributed by atoms with E-state index in [-0.39, 0.29) is 23.0 Å². The van der Waals surface area contributed by atoms with Crippen molar-refractivity contribution in [3.05, 3.63) is 65.5 Å². The number of likely N-dealkylation sites (tertiary alicyclic amines) is 1. The van der Waals surface area contributed by atoms with E-state index in [1.54, 1.807) is 18.2 Å². The Morgan fingerprint density at radius 3 is 2.44 bits per heavy atom. The van der Waals surface area contributed by atoms with Gasteiger partial charge in [0, 0.05) is 43.2 Å². The van der Waals surface area contributed by atoms with E-state index in [0.717, 1.165) is 49.2 Å². The third kappa shape index (κ3) is 5.33. The van der Waals surface area contributed by atoms with E-state index in [9.17, 15) is 14.0 Å². The minimum Gasteiger partial charge on any atom is -0.381 e. The minimum atomic E-state index is -0.282. The number of benzene rings is 2. The van der Waals surface area contributed by atoms with E-state index in [1.807, 2.05) is 23.1 Å². The summed E-state index contributed by atoms with van der Waals surface area (Å²) in [5.41, 5.74) is 1.31. The number of hydrogen-bond acceptors (Lipinski definition) is 4. The average molecular weight is 457 g/mol. The molecule has 2 aliphatic rings. The predicted octanol–water partition coefficient (Wildman–Crippen LogP) is 4.02. The molecule has 0 bridgehead atoms. The van der Waals surface area contributed by atoms with Crippen molar-refractivity contribution in [2.45, 2.75) is 36.0 Å². The zero-order valence-corrected chi connectivity index (χ0v) is 19.0. The van der Waals surface area contributed by atoms with Gasteiger partial charge in [0.2, 0.25) is 5.91 Å². The number of hydrogen-bond donors (Lipinski definition) is 1. The van der Waals surface area contributed by atoms with Crippen LogP contribution in [0.2, 0.25) is 0 Å². The fourth-order valence-corrected chi connectivity index (χ4v) is 5.41. The summed E-state index contributed by atoms with van der Waals surface area (Å²) in [7, 11) is 0. The van der Waals surface area contributed by atoms with E-state index in [0.29, 0.717) is 31.1 Å². The second kappa shape index (κ2) is 10.5. The molecular weight excluding hydrogens is 427 g/mol. The highest BCUT2D eigenvalue weighted by Crippen LogP contribution is 2.34. The Bertz CT molecular complexity index is 938. The third-order valence-electron chi connectivity index (χ3n) is 6.44. The Morgan fingerprint density at radius 2 is 1.72 bits per heavy atom. The molecule has 0 saturated carbocycles. The lowest BCUT2D eigenvalue weighted by molar-refractivity contribution is -0.127. The van der Waals surface area contributed by atoms with E-state index in [4.69, 9.17) is 4.74 Å². The van der Waals surface area contributed by atoms with Crippen LogP contribution in [-0.4, -0.2) is 55.3 Å². The van der Waals surface area contributed by atoms with Crippen LogP contribution < -0.4 is 5.32 Å². The molecule has 2 aromatic carbocycles. The van der Waals surface area contributed by atoms with Crippen LogP contribution in [0.15, 0.2) is 53.4 Å². The molecule has 2 aliphatic heterocycles. The lowest BCUT2D eigenvalue weighted by atomic mass is 9.74. The molecule has 170 valence electrons. The van der Waals surface area contributed by atoms with Crippen LogP contribution in [0.4, 0.5) is 4.39 Å². The lowest BCUT2D eigenvalue weighted by Gasteiger charge is -2.38. The fourth-order valence-electron chi connectivity index (χ4n) is 4.46. The Morgan fingerprint density at radius 1 is 1.03 bits per heavy atom. The molecule has 0 radical (unpaired) electrons. The molecule has 0 aliphatic carbocycles. The first-order valence-corrected chi connectivity index (χ1v) is 12.2. The molecule has 2 aromatic rings. The summed E-state index contributed by atoms with van der Waals surface area (Å²) in [5, 5.41) is 3.11. The Balaban J connectivity index is 1.43. The number of rotatable bonds is 7. The van der Waals surface area contributed by atoms with Gasteiger partial charge in [-0.25, -0.2) is 4.39 Å². The summed E-state index contributed by atoms with van der Waals surface area (Å²) in [6, 6.07) is 14.0. The lowest BCUT2D eigenvalue weighted by Crippen LogP contribution is -2.44. The summed E-state index contributed by atoms with van der Waals surface area (Å²) in [6.07, 6.45) is 3.66. The highest BCUT2D eigenvalue weighted by molar-refractivity contribution is 8.00. The van der Waals surface area contributed by atoms with Gasteiger partial charge in [-0.3, -0.25) is 9.59 Å². The Labute approximate surface area is 192 Å². The third-order valence-corrected chi connectivity index (χ3v) is 7.49. The molecule has 0 spiro atoms. The van der Waals surface area contributed by atoms with Gasteiger partial charge in [-0.2, -0.15) is 0 Å². The van der Waals surface area contributed by atoms with E-state index < -0.39 is 0 Å². The van der Waals surface area contributed by atoms with E-state index in [2.05, 4.69) is 5.32 Å². The number of nitrogens with zero attached hydrogens (tertiary/aromatic N) is 1. The van der Waals surface area contributed by atoms with Crippen molar-refractivity contribution in [2.75, 3.05) is 38.6 Å². The van der Waals surface area contributed by atoms with Crippen molar-refractivity contribution >= 4 is 23.6 Å². The van der Waals surface area contributed by atoms with Gasteiger partial charge in [-0.15, -0.1) is 11.8 Å². The number of carbonyl (C=O) groups excluding carboxylic acids is 2. The molecule has 2 heterocycles. The van der Waals surface area contributed by atoms with Gasteiger partial charge < -0.3 is 15.0 Å². The van der Waals surface area contributed by atoms with Crippen molar-refractivity contribution in [1.29, 1.82) is 0 Å². The first-order valence-electron chi connectivity index (χ1n) is 11.2. The quantitative estimate of drug-likeness (QED) is 0.640. The largest absolute Gasteiger partial charge is 0.381 e. The topological polar surface area (TPSA) is 58.6 Å². The number of halogens is 1. The number of carbonyl (C=O) groups is 2. The Hall–Kier alpha value is -2.38. The van der Waals surface area contributed by atoms with Gasteiger partial charge in [-0.1, -0.05) is 24.3 Å². The fraction of sp³-hybridized carbons (Fsp3) is 0.440. The smallest absolute Gasteiger partial charge is 0.252 e. The van der Waals surface area contributed by atoms with Crippen LogP contribution in [-0.2, 0) is 14.9 Å². The predicted molar refractivity (Wildman–Crippen MR) is 123 cm³/mol. The van der Waals surface area contributed by atoms with Crippen molar-refractivity contribution in [1.82, 2.24) is 10.2 Å². The van der Waals surface area contributed by atoms with Gasteiger partial charge in [0.05, 0.1) is 11.3 Å². The van der Waals surface area contributed by atoms with Gasteiger partial charge >= 0.3 is 0 Å². The van der Waals surface area contributed by atoms with Crippen LogP contribution in [0.3, 0.4) is 0 Å². The summed E-state index contributed by atoms with van der Waals surface area (Å²) in [4.78, 5) is 28.2. The second-order valence-corrected chi connectivity index (χ2v) is 9.47. The van der Waals surface area contributed by atoms with Gasteiger partial charge in [0.25, 0.3) is 5.91 Å². The van der Waals surface area contributed by atoms with Crippen LogP contribution in [0.25, 0.3) is 0 Å². The highest BCUT2D eigenvalue weighted by atomic mass is 32.2. The average Bonchev–Trinajstić information content (AvgIpc) is 3.37. The Kier molecular flexibility index (Phi) is 7.48. The molecule has 32 heavy (non-hydrogen) atoms. The molecular formula is C25H29FN2O3S. The van der Waals surface area contributed by atoms with Crippen molar-refractivity contribution in [3.63, 3.8) is 0 Å². The highest BCUT2D eigenvalue weighted by Gasteiger charge is 2.35. The zero-order valence-electron chi connectivity index (χ0n) is 18.1. The first kappa shape index (κ1) is 22.8.